The van der Waals surface area contributed by atoms with Crippen LogP contribution in [0.1, 0.15) is 25.7 Å². The van der Waals surface area contributed by atoms with Gasteiger partial charge in [0, 0.05) is 12.1 Å². The summed E-state index contributed by atoms with van der Waals surface area (Å²) in [6.45, 7) is 0.291. The van der Waals surface area contributed by atoms with Gasteiger partial charge in [0.05, 0.1) is 0 Å². The van der Waals surface area contributed by atoms with E-state index in [1.165, 1.54) is 6.07 Å². The Bertz CT molecular complexity index is 725. The standard InChI is InChI=1S/C12H16N4O3S.ClH/c13-8-12(6-1-2-7-12)16-20(17,18)10-5-3-4-9-11(10)15-19-14-9;/h3-5,16H,1-2,6-8,13H2;1H. The summed E-state index contributed by atoms with van der Waals surface area (Å²) in [5.41, 5.74) is 5.89. The molecule has 0 radical (unpaired) electrons. The van der Waals surface area contributed by atoms with E-state index in [-0.39, 0.29) is 22.8 Å². The van der Waals surface area contributed by atoms with Gasteiger partial charge in [-0.05, 0) is 35.3 Å². The number of hydrogen-bond donors (Lipinski definition) is 2. The maximum Gasteiger partial charge on any atom is 0.243 e. The van der Waals surface area contributed by atoms with Crippen LogP contribution in [0.25, 0.3) is 11.0 Å². The summed E-state index contributed by atoms with van der Waals surface area (Å²) >= 11 is 0. The molecule has 1 aromatic heterocycles. The second-order valence-corrected chi connectivity index (χ2v) is 6.84. The van der Waals surface area contributed by atoms with E-state index < -0.39 is 15.6 Å². The Morgan fingerprint density at radius 2 is 2.00 bits per heavy atom. The van der Waals surface area contributed by atoms with Crippen molar-refractivity contribution in [2.75, 3.05) is 6.54 Å². The molecule has 1 saturated carbocycles. The van der Waals surface area contributed by atoms with Crippen molar-refractivity contribution in [2.45, 2.75) is 36.1 Å². The minimum atomic E-state index is -3.70. The monoisotopic (exact) mass is 332 g/mol. The Morgan fingerprint density at radius 1 is 1.29 bits per heavy atom. The van der Waals surface area contributed by atoms with E-state index in [0.29, 0.717) is 12.1 Å². The van der Waals surface area contributed by atoms with Crippen molar-refractivity contribution in [1.82, 2.24) is 15.0 Å². The van der Waals surface area contributed by atoms with Gasteiger partial charge in [-0.25, -0.2) is 17.8 Å². The molecule has 3 rings (SSSR count). The zero-order valence-electron chi connectivity index (χ0n) is 11.3. The first-order chi connectivity index (χ1) is 9.56. The number of halogens is 1. The van der Waals surface area contributed by atoms with E-state index in [0.717, 1.165) is 25.7 Å². The number of aromatic nitrogens is 2. The topological polar surface area (TPSA) is 111 Å². The zero-order chi connectivity index (χ0) is 14.2. The van der Waals surface area contributed by atoms with Crippen LogP contribution >= 0.6 is 12.4 Å². The number of sulfonamides is 1. The van der Waals surface area contributed by atoms with Crippen molar-refractivity contribution in [3.8, 4) is 0 Å². The van der Waals surface area contributed by atoms with Crippen LogP contribution in [0.5, 0.6) is 0 Å². The van der Waals surface area contributed by atoms with Gasteiger partial charge in [0.25, 0.3) is 0 Å². The summed E-state index contributed by atoms with van der Waals surface area (Å²) in [5, 5.41) is 7.33. The van der Waals surface area contributed by atoms with Crippen molar-refractivity contribution in [1.29, 1.82) is 0 Å². The number of nitrogens with two attached hydrogens (primary N) is 1. The SMILES string of the molecule is Cl.NCC1(NS(=O)(=O)c2cccc3nonc23)CCCC1. The molecule has 2 aromatic rings. The second-order valence-electron chi connectivity index (χ2n) is 5.19. The van der Waals surface area contributed by atoms with E-state index in [2.05, 4.69) is 19.7 Å². The molecule has 9 heteroatoms. The lowest BCUT2D eigenvalue weighted by molar-refractivity contribution is 0.315. The Kier molecular flexibility index (Phi) is 4.52. The number of hydrogen-bond acceptors (Lipinski definition) is 6. The fourth-order valence-corrected chi connectivity index (χ4v) is 4.36. The summed E-state index contributed by atoms with van der Waals surface area (Å²) in [4.78, 5) is 0.0796. The molecule has 7 nitrogen and oxygen atoms in total. The molecule has 1 aliphatic rings. The van der Waals surface area contributed by atoms with Crippen molar-refractivity contribution < 1.29 is 13.0 Å². The van der Waals surface area contributed by atoms with Gasteiger partial charge in [-0.2, -0.15) is 0 Å². The lowest BCUT2D eigenvalue weighted by Crippen LogP contribution is -2.51. The molecular weight excluding hydrogens is 316 g/mol. The van der Waals surface area contributed by atoms with Crippen molar-refractivity contribution in [3.63, 3.8) is 0 Å². The Labute approximate surface area is 128 Å². The highest BCUT2D eigenvalue weighted by atomic mass is 35.5. The van der Waals surface area contributed by atoms with Crippen LogP contribution < -0.4 is 10.5 Å². The van der Waals surface area contributed by atoms with Gasteiger partial charge in [0.1, 0.15) is 10.4 Å². The summed E-state index contributed by atoms with van der Waals surface area (Å²) in [5.74, 6) is 0. The zero-order valence-corrected chi connectivity index (χ0v) is 12.9. The van der Waals surface area contributed by atoms with Crippen molar-refractivity contribution >= 4 is 33.5 Å². The van der Waals surface area contributed by atoms with E-state index >= 15 is 0 Å². The normalized spacial score (nSPS) is 17.8. The summed E-state index contributed by atoms with van der Waals surface area (Å²) in [6.07, 6.45) is 3.48. The van der Waals surface area contributed by atoms with Gasteiger partial charge in [0.2, 0.25) is 10.0 Å². The van der Waals surface area contributed by atoms with Crippen LogP contribution in [-0.2, 0) is 10.0 Å². The quantitative estimate of drug-likeness (QED) is 0.870. The highest BCUT2D eigenvalue weighted by Crippen LogP contribution is 2.31. The molecule has 0 aliphatic heterocycles. The minimum Gasteiger partial charge on any atom is -0.329 e. The first kappa shape index (κ1) is 16.2. The molecule has 0 amide bonds. The predicted molar refractivity (Wildman–Crippen MR) is 79.6 cm³/mol. The van der Waals surface area contributed by atoms with Gasteiger partial charge >= 0.3 is 0 Å². The number of benzene rings is 1. The summed E-state index contributed by atoms with van der Waals surface area (Å²) in [7, 11) is -3.70. The maximum atomic E-state index is 12.6. The third kappa shape index (κ3) is 2.89. The average molecular weight is 333 g/mol. The fraction of sp³-hybridized carbons (Fsp3) is 0.500. The van der Waals surface area contributed by atoms with E-state index in [1.54, 1.807) is 12.1 Å². The molecule has 1 heterocycles. The van der Waals surface area contributed by atoms with Gasteiger partial charge in [-0.15, -0.1) is 12.4 Å². The Morgan fingerprint density at radius 3 is 2.67 bits per heavy atom. The van der Waals surface area contributed by atoms with Crippen LogP contribution in [0, 0.1) is 0 Å². The molecule has 0 spiro atoms. The van der Waals surface area contributed by atoms with Gasteiger partial charge in [-0.3, -0.25) is 0 Å². The first-order valence-corrected chi connectivity index (χ1v) is 8.00. The predicted octanol–water partition coefficient (Wildman–Crippen LogP) is 1.19. The van der Waals surface area contributed by atoms with E-state index in [4.69, 9.17) is 5.73 Å². The Hall–Kier alpha value is -1.22. The molecule has 1 aromatic carbocycles. The Balaban J connectivity index is 0.00000161. The maximum absolute atomic E-state index is 12.6. The van der Waals surface area contributed by atoms with Crippen molar-refractivity contribution in [2.24, 2.45) is 5.73 Å². The number of fused-ring (bicyclic) bond motifs is 1. The molecule has 21 heavy (non-hydrogen) atoms. The van der Waals surface area contributed by atoms with E-state index in [1.807, 2.05) is 0 Å². The number of nitrogens with zero attached hydrogens (tertiary/aromatic N) is 2. The molecule has 0 unspecified atom stereocenters. The molecule has 0 bridgehead atoms. The molecule has 1 fully saturated rings. The number of nitrogens with one attached hydrogen (secondary N) is 1. The van der Waals surface area contributed by atoms with Gasteiger partial charge < -0.3 is 5.73 Å². The number of rotatable bonds is 4. The molecule has 0 saturated heterocycles. The van der Waals surface area contributed by atoms with Gasteiger partial charge in [0.15, 0.2) is 5.52 Å². The molecular formula is C12H17ClN4O3S. The average Bonchev–Trinajstić information content (AvgIpc) is 3.06. The van der Waals surface area contributed by atoms with Gasteiger partial charge in [-0.1, -0.05) is 18.9 Å². The minimum absolute atomic E-state index is 0. The molecule has 1 aliphatic carbocycles. The summed E-state index contributed by atoms with van der Waals surface area (Å²) < 4.78 is 32.5. The third-order valence-corrected chi connectivity index (χ3v) is 5.45. The highest BCUT2D eigenvalue weighted by molar-refractivity contribution is 7.89. The van der Waals surface area contributed by atoms with Crippen LogP contribution in [-0.4, -0.2) is 30.8 Å². The first-order valence-electron chi connectivity index (χ1n) is 6.52. The highest BCUT2D eigenvalue weighted by Gasteiger charge is 2.37. The fourth-order valence-electron chi connectivity index (χ4n) is 2.74. The molecule has 116 valence electrons. The van der Waals surface area contributed by atoms with Crippen LogP contribution in [0.3, 0.4) is 0 Å². The van der Waals surface area contributed by atoms with Crippen molar-refractivity contribution in [3.05, 3.63) is 18.2 Å². The van der Waals surface area contributed by atoms with Crippen LogP contribution in [0.4, 0.5) is 0 Å². The summed E-state index contributed by atoms with van der Waals surface area (Å²) in [6, 6.07) is 4.76. The smallest absolute Gasteiger partial charge is 0.243 e. The lowest BCUT2D eigenvalue weighted by Gasteiger charge is -2.28. The second kappa shape index (κ2) is 5.88. The molecule has 0 atom stereocenters. The van der Waals surface area contributed by atoms with E-state index in [9.17, 15) is 8.42 Å². The third-order valence-electron chi connectivity index (χ3n) is 3.84. The molecule has 3 N–H and O–H groups in total. The van der Waals surface area contributed by atoms with Crippen LogP contribution in [0.15, 0.2) is 27.7 Å². The van der Waals surface area contributed by atoms with Crippen LogP contribution in [0.2, 0.25) is 0 Å². The lowest BCUT2D eigenvalue weighted by atomic mass is 10.0. The largest absolute Gasteiger partial charge is 0.329 e.